The van der Waals surface area contributed by atoms with Gasteiger partial charge in [-0.1, -0.05) is 5.16 Å². The Morgan fingerprint density at radius 2 is 1.89 bits per heavy atom. The number of nitrogens with two attached hydrogens (primary N) is 1. The topological polar surface area (TPSA) is 87.7 Å². The van der Waals surface area contributed by atoms with Gasteiger partial charge in [-0.3, -0.25) is 4.79 Å². The molecule has 18 heavy (non-hydrogen) atoms. The fraction of sp³-hybridized carbons (Fsp3) is 0.200. The summed E-state index contributed by atoms with van der Waals surface area (Å²) in [5, 5.41) is 13.1. The third kappa shape index (κ3) is 2.90. The minimum Gasteiger partial charge on any atom is -0.409 e. The van der Waals surface area contributed by atoms with Crippen molar-refractivity contribution in [1.29, 1.82) is 0 Å². The van der Waals surface area contributed by atoms with Crippen LogP contribution in [-0.4, -0.2) is 17.0 Å². The van der Waals surface area contributed by atoms with Crippen molar-refractivity contribution in [2.75, 3.05) is 5.32 Å². The Bertz CT molecular complexity index is 482. The molecule has 1 aromatic carbocycles. The highest BCUT2D eigenvalue weighted by Crippen LogP contribution is 2.17. The van der Waals surface area contributed by atoms with Gasteiger partial charge in [-0.2, -0.15) is 0 Å². The second-order valence-corrected chi connectivity index (χ2v) is 3.49. The predicted octanol–water partition coefficient (Wildman–Crippen LogP) is 1.42. The zero-order valence-electron chi connectivity index (χ0n) is 9.25. The van der Waals surface area contributed by atoms with E-state index in [1.807, 2.05) is 0 Å². The van der Waals surface area contributed by atoms with Crippen LogP contribution >= 0.6 is 0 Å². The summed E-state index contributed by atoms with van der Waals surface area (Å²) in [5.41, 5.74) is 4.92. The highest BCUT2D eigenvalue weighted by atomic mass is 19.2. The molecule has 8 heteroatoms. The van der Waals surface area contributed by atoms with E-state index in [0.29, 0.717) is 12.1 Å². The van der Waals surface area contributed by atoms with Crippen molar-refractivity contribution < 1.29 is 23.2 Å². The number of oxime groups is 1. The molecule has 0 aliphatic heterocycles. The van der Waals surface area contributed by atoms with E-state index in [1.54, 1.807) is 0 Å². The van der Waals surface area contributed by atoms with Crippen molar-refractivity contribution in [3.63, 3.8) is 0 Å². The maximum absolute atomic E-state index is 12.9. The third-order valence-corrected chi connectivity index (χ3v) is 2.20. The highest BCUT2D eigenvalue weighted by Gasteiger charge is 2.19. The number of halogens is 3. The number of amidine groups is 1. The molecule has 98 valence electrons. The normalized spacial score (nSPS) is 13.2. The molecular formula is C10H10F3N3O2. The van der Waals surface area contributed by atoms with Gasteiger partial charge in [0, 0.05) is 17.8 Å². The number of hydrogen-bond acceptors (Lipinski definition) is 3. The van der Waals surface area contributed by atoms with Crippen LogP contribution in [0.3, 0.4) is 0 Å². The fourth-order valence-corrected chi connectivity index (χ4v) is 1.10. The smallest absolute Gasteiger partial charge is 0.234 e. The lowest BCUT2D eigenvalue weighted by atomic mass is 10.1. The number of carbonyl (C=O) groups excluding carboxylic acids is 1. The molecule has 0 bridgehead atoms. The summed E-state index contributed by atoms with van der Waals surface area (Å²) in [6.45, 7) is 1.32. The fourth-order valence-electron chi connectivity index (χ4n) is 1.10. The first kappa shape index (κ1) is 13.8. The van der Waals surface area contributed by atoms with Gasteiger partial charge in [-0.15, -0.1) is 0 Å². The molecule has 1 aromatic rings. The molecule has 0 saturated heterocycles. The molecule has 0 aromatic heterocycles. The van der Waals surface area contributed by atoms with Crippen LogP contribution in [0, 0.1) is 23.4 Å². The Hall–Kier alpha value is -2.25. The number of benzene rings is 1. The monoisotopic (exact) mass is 261 g/mol. The van der Waals surface area contributed by atoms with Crippen molar-refractivity contribution in [3.8, 4) is 0 Å². The van der Waals surface area contributed by atoms with Gasteiger partial charge < -0.3 is 16.3 Å². The van der Waals surface area contributed by atoms with Crippen LogP contribution in [0.1, 0.15) is 6.92 Å². The van der Waals surface area contributed by atoms with Gasteiger partial charge in [-0.05, 0) is 6.92 Å². The molecule has 4 N–H and O–H groups in total. The van der Waals surface area contributed by atoms with E-state index in [9.17, 15) is 18.0 Å². The molecule has 1 unspecified atom stereocenters. The number of rotatable bonds is 3. The molecule has 0 radical (unpaired) electrons. The second kappa shape index (κ2) is 5.39. The van der Waals surface area contributed by atoms with Crippen LogP contribution in [0.15, 0.2) is 17.3 Å². The van der Waals surface area contributed by atoms with E-state index >= 15 is 0 Å². The van der Waals surface area contributed by atoms with Gasteiger partial charge in [0.25, 0.3) is 0 Å². The van der Waals surface area contributed by atoms with E-state index < -0.39 is 29.3 Å². The van der Waals surface area contributed by atoms with Crippen LogP contribution in [0.5, 0.6) is 0 Å². The first-order valence-corrected chi connectivity index (χ1v) is 4.79. The number of carbonyl (C=O) groups is 1. The summed E-state index contributed by atoms with van der Waals surface area (Å²) in [5.74, 6) is -6.61. The van der Waals surface area contributed by atoms with Crippen LogP contribution < -0.4 is 11.1 Å². The minimum atomic E-state index is -1.63. The Morgan fingerprint density at radius 3 is 2.33 bits per heavy atom. The van der Waals surface area contributed by atoms with Crippen LogP contribution in [-0.2, 0) is 4.79 Å². The van der Waals surface area contributed by atoms with Gasteiger partial charge >= 0.3 is 0 Å². The molecule has 0 aliphatic carbocycles. The minimum absolute atomic E-state index is 0.269. The van der Waals surface area contributed by atoms with Crippen LogP contribution in [0.2, 0.25) is 0 Å². The molecule has 0 fully saturated rings. The summed E-state index contributed by atoms with van der Waals surface area (Å²) in [4.78, 5) is 11.5. The number of amides is 1. The molecule has 0 aliphatic rings. The number of nitrogens with one attached hydrogen (secondary N) is 1. The van der Waals surface area contributed by atoms with Crippen molar-refractivity contribution >= 4 is 17.4 Å². The Balaban J connectivity index is 2.89. The predicted molar refractivity (Wildman–Crippen MR) is 57.5 cm³/mol. The lowest BCUT2D eigenvalue weighted by Crippen LogP contribution is -2.32. The van der Waals surface area contributed by atoms with E-state index in [-0.39, 0.29) is 11.5 Å². The SMILES string of the molecule is CC(C(=O)Nc1cc(F)c(F)c(F)c1)C(N)=NO. The third-order valence-electron chi connectivity index (χ3n) is 2.20. The number of hydrogen-bond donors (Lipinski definition) is 3. The zero-order valence-corrected chi connectivity index (χ0v) is 9.25. The summed E-state index contributed by atoms with van der Waals surface area (Å²) >= 11 is 0. The van der Waals surface area contributed by atoms with Crippen molar-refractivity contribution in [2.24, 2.45) is 16.8 Å². The molecule has 1 amide bonds. The van der Waals surface area contributed by atoms with E-state index in [0.717, 1.165) is 0 Å². The van der Waals surface area contributed by atoms with Gasteiger partial charge in [0.2, 0.25) is 5.91 Å². The van der Waals surface area contributed by atoms with E-state index in [2.05, 4.69) is 10.5 Å². The average Bonchev–Trinajstić information content (AvgIpc) is 2.33. The molecule has 5 nitrogen and oxygen atoms in total. The Morgan fingerprint density at radius 1 is 1.39 bits per heavy atom. The first-order chi connectivity index (χ1) is 8.36. The Kier molecular flexibility index (Phi) is 4.13. The maximum atomic E-state index is 12.9. The lowest BCUT2D eigenvalue weighted by molar-refractivity contribution is -0.117. The quantitative estimate of drug-likeness (QED) is 0.253. The first-order valence-electron chi connectivity index (χ1n) is 4.79. The Labute approximate surface area is 100 Å². The van der Waals surface area contributed by atoms with Crippen molar-refractivity contribution in [3.05, 3.63) is 29.6 Å². The maximum Gasteiger partial charge on any atom is 0.234 e. The molecule has 0 saturated carbocycles. The van der Waals surface area contributed by atoms with E-state index in [4.69, 9.17) is 10.9 Å². The average molecular weight is 261 g/mol. The van der Waals surface area contributed by atoms with Gasteiger partial charge in [-0.25, -0.2) is 13.2 Å². The number of nitrogens with zero attached hydrogens (tertiary/aromatic N) is 1. The van der Waals surface area contributed by atoms with Gasteiger partial charge in [0.1, 0.15) is 0 Å². The molecular weight excluding hydrogens is 251 g/mol. The molecule has 1 atom stereocenters. The molecule has 0 heterocycles. The summed E-state index contributed by atoms with van der Waals surface area (Å²) in [6.07, 6.45) is 0. The molecule has 1 rings (SSSR count). The largest absolute Gasteiger partial charge is 0.409 e. The van der Waals surface area contributed by atoms with Crippen LogP contribution in [0.4, 0.5) is 18.9 Å². The number of anilines is 1. The van der Waals surface area contributed by atoms with Crippen LogP contribution in [0.25, 0.3) is 0 Å². The van der Waals surface area contributed by atoms with Gasteiger partial charge in [0.15, 0.2) is 23.3 Å². The standard InChI is InChI=1S/C10H10F3N3O2/c1-4(9(14)16-18)10(17)15-5-2-6(11)8(13)7(12)3-5/h2-4,18H,1H3,(H2,14,16)(H,15,17). The summed E-state index contributed by atoms with van der Waals surface area (Å²) in [6, 6.07) is 1.24. The second-order valence-electron chi connectivity index (χ2n) is 3.49. The summed E-state index contributed by atoms with van der Waals surface area (Å²) < 4.78 is 38.4. The van der Waals surface area contributed by atoms with Crippen molar-refractivity contribution in [2.45, 2.75) is 6.92 Å². The molecule has 0 spiro atoms. The lowest BCUT2D eigenvalue weighted by Gasteiger charge is -2.11. The van der Waals surface area contributed by atoms with Gasteiger partial charge in [0.05, 0.1) is 5.92 Å². The zero-order chi connectivity index (χ0) is 13.9. The van der Waals surface area contributed by atoms with Crippen molar-refractivity contribution in [1.82, 2.24) is 0 Å². The highest BCUT2D eigenvalue weighted by molar-refractivity contribution is 6.07. The summed E-state index contributed by atoms with van der Waals surface area (Å²) in [7, 11) is 0. The van der Waals surface area contributed by atoms with E-state index in [1.165, 1.54) is 6.92 Å².